The van der Waals surface area contributed by atoms with Gasteiger partial charge in [-0.15, -0.1) is 0 Å². The third-order valence-electron chi connectivity index (χ3n) is 9.64. The molecule has 0 aliphatic heterocycles. The topological polar surface area (TPSA) is 60.4 Å². The Balaban J connectivity index is 1.51. The first-order valence-corrected chi connectivity index (χ1v) is 11.4. The van der Waals surface area contributed by atoms with E-state index in [1.807, 2.05) is 0 Å². The molecule has 28 heavy (non-hydrogen) atoms. The van der Waals surface area contributed by atoms with E-state index < -0.39 is 0 Å². The van der Waals surface area contributed by atoms with E-state index in [9.17, 15) is 14.4 Å². The second kappa shape index (κ2) is 7.25. The molecule has 0 aromatic heterocycles. The van der Waals surface area contributed by atoms with Crippen LogP contribution in [0, 0.1) is 40.4 Å². The Kier molecular flexibility index (Phi) is 5.20. The minimum absolute atomic E-state index is 0.114. The first-order chi connectivity index (χ1) is 13.3. The van der Waals surface area contributed by atoms with E-state index in [0.29, 0.717) is 55.0 Å². The lowest BCUT2D eigenvalue weighted by Crippen LogP contribution is -2.56. The summed E-state index contributed by atoms with van der Waals surface area (Å²) in [6.45, 7) is 4.81. The molecule has 4 rings (SSSR count). The highest BCUT2D eigenvalue weighted by Crippen LogP contribution is 2.66. The number of carbonyl (C=O) groups is 3. The van der Waals surface area contributed by atoms with E-state index in [1.165, 1.54) is 20.0 Å². The number of carbonyl (C=O) groups excluding carboxylic acids is 3. The van der Waals surface area contributed by atoms with Crippen LogP contribution in [-0.2, 0) is 19.1 Å². The van der Waals surface area contributed by atoms with E-state index in [1.54, 1.807) is 0 Å². The van der Waals surface area contributed by atoms with Crippen molar-refractivity contribution in [2.24, 2.45) is 40.4 Å². The fourth-order valence-corrected chi connectivity index (χ4v) is 7.90. The second-order valence-electron chi connectivity index (χ2n) is 10.6. The number of hydrogen-bond donors (Lipinski definition) is 0. The third-order valence-corrected chi connectivity index (χ3v) is 9.64. The van der Waals surface area contributed by atoms with Crippen LogP contribution in [0.2, 0.25) is 0 Å². The predicted molar refractivity (Wildman–Crippen MR) is 106 cm³/mol. The van der Waals surface area contributed by atoms with Crippen LogP contribution < -0.4 is 0 Å². The number of fused-ring (bicyclic) bond motifs is 5. The molecule has 4 aliphatic carbocycles. The summed E-state index contributed by atoms with van der Waals surface area (Å²) in [6, 6.07) is 0. The molecule has 4 aliphatic rings. The zero-order valence-electron chi connectivity index (χ0n) is 17.8. The number of esters is 1. The Morgan fingerprint density at radius 2 is 1.79 bits per heavy atom. The number of hydrogen-bond acceptors (Lipinski definition) is 4. The minimum atomic E-state index is -0.114. The lowest BCUT2D eigenvalue weighted by atomic mass is 9.44. The molecule has 0 radical (unpaired) electrons. The molecule has 4 fully saturated rings. The highest BCUT2D eigenvalue weighted by molar-refractivity contribution is 5.86. The van der Waals surface area contributed by atoms with Gasteiger partial charge in [0.2, 0.25) is 0 Å². The molecule has 6 unspecified atom stereocenters. The molecule has 156 valence electrons. The van der Waals surface area contributed by atoms with Crippen molar-refractivity contribution in [2.75, 3.05) is 7.11 Å². The maximum absolute atomic E-state index is 13.3. The van der Waals surface area contributed by atoms with Crippen molar-refractivity contribution in [3.8, 4) is 0 Å². The van der Waals surface area contributed by atoms with Crippen molar-refractivity contribution in [1.82, 2.24) is 0 Å². The molecule has 7 atom stereocenters. The molecule has 4 heteroatoms. The Labute approximate surface area is 169 Å². The zero-order valence-corrected chi connectivity index (χ0v) is 17.8. The zero-order chi connectivity index (χ0) is 20.1. The van der Waals surface area contributed by atoms with Crippen molar-refractivity contribution >= 4 is 17.5 Å². The maximum atomic E-state index is 13.3. The molecule has 0 spiro atoms. The van der Waals surface area contributed by atoms with Crippen LogP contribution in [0.1, 0.15) is 84.5 Å². The highest BCUT2D eigenvalue weighted by Gasteiger charge is 2.62. The van der Waals surface area contributed by atoms with Crippen LogP contribution in [0.5, 0.6) is 0 Å². The number of methoxy groups -OCH3 is 1. The Hall–Kier alpha value is -1.19. The van der Waals surface area contributed by atoms with Crippen molar-refractivity contribution in [2.45, 2.75) is 84.5 Å². The first kappa shape index (κ1) is 20.1. The fraction of sp³-hybridized carbons (Fsp3) is 0.875. The van der Waals surface area contributed by atoms with Crippen LogP contribution in [0.4, 0.5) is 0 Å². The van der Waals surface area contributed by atoms with Crippen molar-refractivity contribution in [3.05, 3.63) is 0 Å². The minimum Gasteiger partial charge on any atom is -0.469 e. The third kappa shape index (κ3) is 3.06. The van der Waals surface area contributed by atoms with Gasteiger partial charge in [-0.2, -0.15) is 0 Å². The van der Waals surface area contributed by atoms with Gasteiger partial charge in [0.25, 0.3) is 0 Å². The summed E-state index contributed by atoms with van der Waals surface area (Å²) in [4.78, 5) is 36.8. The summed E-state index contributed by atoms with van der Waals surface area (Å²) < 4.78 is 4.79. The van der Waals surface area contributed by atoms with Gasteiger partial charge in [0.1, 0.15) is 11.6 Å². The van der Waals surface area contributed by atoms with Crippen LogP contribution in [0.25, 0.3) is 0 Å². The van der Waals surface area contributed by atoms with E-state index in [0.717, 1.165) is 32.1 Å². The number of ether oxygens (including phenoxy) is 1. The summed E-state index contributed by atoms with van der Waals surface area (Å²) in [5, 5.41) is 0. The lowest BCUT2D eigenvalue weighted by Gasteiger charge is -2.59. The van der Waals surface area contributed by atoms with Gasteiger partial charge in [0, 0.05) is 31.6 Å². The fourth-order valence-electron chi connectivity index (χ4n) is 7.90. The van der Waals surface area contributed by atoms with Gasteiger partial charge in [0.05, 0.1) is 7.11 Å². The second-order valence-corrected chi connectivity index (χ2v) is 10.6. The first-order valence-electron chi connectivity index (χ1n) is 11.4. The van der Waals surface area contributed by atoms with Gasteiger partial charge in [-0.3, -0.25) is 14.4 Å². The van der Waals surface area contributed by atoms with Gasteiger partial charge in [-0.25, -0.2) is 0 Å². The summed E-state index contributed by atoms with van der Waals surface area (Å²) in [7, 11) is 1.46. The summed E-state index contributed by atoms with van der Waals surface area (Å²) in [6.07, 6.45) is 10.1. The van der Waals surface area contributed by atoms with Crippen LogP contribution in [-0.4, -0.2) is 24.6 Å². The van der Waals surface area contributed by atoms with Crippen molar-refractivity contribution in [3.63, 3.8) is 0 Å². The Bertz CT molecular complexity index is 670. The molecule has 0 amide bonds. The summed E-state index contributed by atoms with van der Waals surface area (Å²) in [5.74, 6) is 2.78. The SMILES string of the molecule is COC(=O)CCCC1CCC2C3C(=O)CC4CC(=O)CC[C@]4(C)C3CCC12C. The molecular weight excluding hydrogens is 352 g/mol. The van der Waals surface area contributed by atoms with E-state index in [-0.39, 0.29) is 28.6 Å². The Morgan fingerprint density at radius 1 is 1.04 bits per heavy atom. The van der Waals surface area contributed by atoms with Crippen molar-refractivity contribution < 1.29 is 19.1 Å². The van der Waals surface area contributed by atoms with Gasteiger partial charge in [-0.1, -0.05) is 13.8 Å². The van der Waals surface area contributed by atoms with Crippen molar-refractivity contribution in [1.29, 1.82) is 0 Å². The average Bonchev–Trinajstić information content (AvgIpc) is 2.99. The molecule has 0 bridgehead atoms. The molecule has 4 nitrogen and oxygen atoms in total. The quantitative estimate of drug-likeness (QED) is 0.653. The van der Waals surface area contributed by atoms with Gasteiger partial charge in [0.15, 0.2) is 0 Å². The lowest BCUT2D eigenvalue weighted by molar-refractivity contribution is -0.158. The van der Waals surface area contributed by atoms with Gasteiger partial charge >= 0.3 is 5.97 Å². The number of Topliss-reactive ketones (excluding diaryl/α,β-unsaturated/α-hetero) is 2. The number of ketones is 2. The molecule has 0 aromatic rings. The molecule has 4 saturated carbocycles. The highest BCUT2D eigenvalue weighted by atomic mass is 16.5. The molecular formula is C24H36O4. The van der Waals surface area contributed by atoms with Crippen LogP contribution in [0.3, 0.4) is 0 Å². The summed E-state index contributed by atoms with van der Waals surface area (Å²) in [5.41, 5.74) is 0.414. The monoisotopic (exact) mass is 388 g/mol. The Morgan fingerprint density at radius 3 is 2.54 bits per heavy atom. The van der Waals surface area contributed by atoms with E-state index >= 15 is 0 Å². The summed E-state index contributed by atoms with van der Waals surface area (Å²) >= 11 is 0. The maximum Gasteiger partial charge on any atom is 0.305 e. The van der Waals surface area contributed by atoms with E-state index in [4.69, 9.17) is 4.74 Å². The average molecular weight is 389 g/mol. The predicted octanol–water partition coefficient (Wildman–Crippen LogP) is 4.74. The normalized spacial score (nSPS) is 45.2. The largest absolute Gasteiger partial charge is 0.469 e. The van der Waals surface area contributed by atoms with Crippen LogP contribution in [0.15, 0.2) is 0 Å². The molecule has 0 aromatic carbocycles. The molecule has 0 N–H and O–H groups in total. The molecule has 0 heterocycles. The van der Waals surface area contributed by atoms with Gasteiger partial charge in [-0.05, 0) is 79.4 Å². The standard InChI is InChI=1S/C24H36O4/c1-23-12-10-19-22(18(23)8-7-15(23)5-4-6-21(27)28-3)20(26)14-16-13-17(25)9-11-24(16,19)2/h15-16,18-19,22H,4-14H2,1-3H3/t15?,16?,18?,19?,22?,23?,24-/m0/s1. The number of rotatable bonds is 4. The van der Waals surface area contributed by atoms with E-state index in [2.05, 4.69) is 13.8 Å². The smallest absolute Gasteiger partial charge is 0.305 e. The molecule has 0 saturated heterocycles. The van der Waals surface area contributed by atoms with Gasteiger partial charge < -0.3 is 4.74 Å². The van der Waals surface area contributed by atoms with Crippen LogP contribution >= 0.6 is 0 Å².